The second kappa shape index (κ2) is 1.91. The summed E-state index contributed by atoms with van der Waals surface area (Å²) in [5, 5.41) is 0. The van der Waals surface area contributed by atoms with E-state index in [0.29, 0.717) is 0 Å². The highest BCUT2D eigenvalue weighted by atomic mass is 14.7. The van der Waals surface area contributed by atoms with Gasteiger partial charge in [-0.05, 0) is 67.6 Å². The number of rotatable bonds is 1. The van der Waals surface area contributed by atoms with Crippen molar-refractivity contribution >= 4 is 0 Å². The Kier molecular flexibility index (Phi) is 1.03. The molecule has 0 N–H and O–H groups in total. The third-order valence-corrected chi connectivity index (χ3v) is 5.37. The van der Waals surface area contributed by atoms with Gasteiger partial charge in [0.1, 0.15) is 0 Å². The fourth-order valence-electron chi connectivity index (χ4n) is 4.74. The van der Waals surface area contributed by atoms with Crippen molar-refractivity contribution in [3.05, 3.63) is 0 Å². The van der Waals surface area contributed by atoms with Gasteiger partial charge in [-0.15, -0.1) is 0 Å². The molecule has 0 saturated heterocycles. The molecule has 0 nitrogen and oxygen atoms in total. The van der Waals surface area contributed by atoms with Gasteiger partial charge in [0.2, 0.25) is 0 Å². The van der Waals surface area contributed by atoms with Crippen molar-refractivity contribution in [1.82, 2.24) is 0 Å². The van der Waals surface area contributed by atoms with E-state index in [1.165, 1.54) is 35.5 Å². The zero-order valence-electron chi connectivity index (χ0n) is 7.71. The van der Waals surface area contributed by atoms with Crippen LogP contribution in [0.5, 0.6) is 0 Å². The van der Waals surface area contributed by atoms with Crippen LogP contribution in [0.2, 0.25) is 0 Å². The van der Waals surface area contributed by atoms with Crippen LogP contribution in [0, 0.1) is 35.5 Å². The van der Waals surface area contributed by atoms with Crippen LogP contribution >= 0.6 is 0 Å². The molecule has 0 heterocycles. The molecule has 4 rings (SSSR count). The minimum absolute atomic E-state index is 1.22. The van der Waals surface area contributed by atoms with E-state index >= 15 is 0 Å². The molecule has 0 spiro atoms. The fraction of sp³-hybridized carbons (Fsp3) is 1.00. The molecule has 4 aliphatic rings. The highest BCUT2D eigenvalue weighted by Crippen LogP contribution is 2.69. The summed E-state index contributed by atoms with van der Waals surface area (Å²) in [4.78, 5) is 0. The second-order valence-corrected chi connectivity index (χ2v) is 5.74. The summed E-state index contributed by atoms with van der Waals surface area (Å²) in [6.07, 6.45) is 9.61. The van der Waals surface area contributed by atoms with Crippen molar-refractivity contribution in [3.8, 4) is 0 Å². The van der Waals surface area contributed by atoms with E-state index < -0.39 is 0 Å². The van der Waals surface area contributed by atoms with Gasteiger partial charge < -0.3 is 0 Å². The number of hydrogen-bond acceptors (Lipinski definition) is 0. The Morgan fingerprint density at radius 3 is 2.00 bits per heavy atom. The summed E-state index contributed by atoms with van der Waals surface area (Å²) in [7, 11) is 0. The van der Waals surface area contributed by atoms with Crippen LogP contribution in [0.25, 0.3) is 0 Å². The minimum atomic E-state index is 1.22. The van der Waals surface area contributed by atoms with Gasteiger partial charge in [-0.1, -0.05) is 6.42 Å². The Bertz CT molecular complexity index is 210. The summed E-state index contributed by atoms with van der Waals surface area (Å²) < 4.78 is 0. The van der Waals surface area contributed by atoms with E-state index in [1.54, 1.807) is 38.5 Å². The lowest BCUT2D eigenvalue weighted by molar-refractivity contribution is 0.363. The van der Waals surface area contributed by atoms with Gasteiger partial charge in [0.25, 0.3) is 0 Å². The highest BCUT2D eigenvalue weighted by Gasteiger charge is 2.62. The van der Waals surface area contributed by atoms with Crippen molar-refractivity contribution in [3.63, 3.8) is 0 Å². The van der Waals surface area contributed by atoms with Crippen LogP contribution in [0.1, 0.15) is 38.5 Å². The molecule has 0 bridgehead atoms. The zero-order chi connectivity index (χ0) is 7.71. The molecule has 4 aliphatic carbocycles. The summed E-state index contributed by atoms with van der Waals surface area (Å²) in [6, 6.07) is 0. The molecular formula is C12H18. The third-order valence-electron chi connectivity index (χ3n) is 5.37. The first-order valence-electron chi connectivity index (χ1n) is 5.95. The molecule has 5 atom stereocenters. The van der Waals surface area contributed by atoms with Gasteiger partial charge in [-0.3, -0.25) is 0 Å². The van der Waals surface area contributed by atoms with Crippen LogP contribution in [0.15, 0.2) is 0 Å². The SMILES string of the molecule is C1CC2C(C1)C2C1CCC2CC21. The van der Waals surface area contributed by atoms with Crippen molar-refractivity contribution in [2.45, 2.75) is 38.5 Å². The fourth-order valence-corrected chi connectivity index (χ4v) is 4.74. The summed E-state index contributed by atoms with van der Waals surface area (Å²) in [6.45, 7) is 0. The summed E-state index contributed by atoms with van der Waals surface area (Å²) in [5.74, 6) is 7.39. The molecule has 66 valence electrons. The molecule has 4 fully saturated rings. The maximum absolute atomic E-state index is 1.63. The zero-order valence-corrected chi connectivity index (χ0v) is 7.71. The molecule has 0 heteroatoms. The molecule has 0 radical (unpaired) electrons. The number of fused-ring (bicyclic) bond motifs is 2. The average molecular weight is 162 g/mol. The first-order chi connectivity index (χ1) is 5.95. The molecule has 4 saturated carbocycles. The van der Waals surface area contributed by atoms with Crippen LogP contribution < -0.4 is 0 Å². The lowest BCUT2D eigenvalue weighted by atomic mass is 9.92. The highest BCUT2D eigenvalue weighted by molar-refractivity contribution is 5.10. The molecule has 5 unspecified atom stereocenters. The maximum atomic E-state index is 1.63. The lowest BCUT2D eigenvalue weighted by Crippen LogP contribution is -2.05. The molecule has 0 amide bonds. The van der Waals surface area contributed by atoms with Gasteiger partial charge >= 0.3 is 0 Å². The van der Waals surface area contributed by atoms with Crippen molar-refractivity contribution in [1.29, 1.82) is 0 Å². The van der Waals surface area contributed by atoms with Gasteiger partial charge in [-0.25, -0.2) is 0 Å². The first-order valence-corrected chi connectivity index (χ1v) is 5.95. The smallest absolute Gasteiger partial charge is 0.0321 e. The predicted octanol–water partition coefficient (Wildman–Crippen LogP) is 3.08. The van der Waals surface area contributed by atoms with Gasteiger partial charge in [0.05, 0.1) is 0 Å². The largest absolute Gasteiger partial charge is 0.0527 e. The molecule has 0 aromatic heterocycles. The lowest BCUT2D eigenvalue weighted by Gasteiger charge is -2.13. The van der Waals surface area contributed by atoms with Gasteiger partial charge in [0, 0.05) is 0 Å². The van der Waals surface area contributed by atoms with Crippen molar-refractivity contribution in [2.24, 2.45) is 35.5 Å². The van der Waals surface area contributed by atoms with Crippen molar-refractivity contribution in [2.75, 3.05) is 0 Å². The Morgan fingerprint density at radius 2 is 1.42 bits per heavy atom. The van der Waals surface area contributed by atoms with E-state index in [4.69, 9.17) is 0 Å². The van der Waals surface area contributed by atoms with Crippen LogP contribution in [0.4, 0.5) is 0 Å². The molecule has 12 heavy (non-hydrogen) atoms. The normalized spacial score (nSPS) is 66.0. The topological polar surface area (TPSA) is 0 Å². The average Bonchev–Trinajstić information content (AvgIpc) is 2.91. The Hall–Kier alpha value is 0. The molecular weight excluding hydrogens is 144 g/mol. The first kappa shape index (κ1) is 6.45. The van der Waals surface area contributed by atoms with Crippen LogP contribution in [0.3, 0.4) is 0 Å². The molecule has 0 aromatic rings. The van der Waals surface area contributed by atoms with Gasteiger partial charge in [-0.2, -0.15) is 0 Å². The van der Waals surface area contributed by atoms with E-state index in [-0.39, 0.29) is 0 Å². The standard InChI is InChI=1S/C12H18/c1-2-8-9(3-1)12(8)10-5-4-7-6-11(7)10/h7-12H,1-6H2. The summed E-state index contributed by atoms with van der Waals surface area (Å²) >= 11 is 0. The Labute approximate surface area is 74.7 Å². The quantitative estimate of drug-likeness (QED) is 0.556. The van der Waals surface area contributed by atoms with E-state index in [0.717, 1.165) is 0 Å². The predicted molar refractivity (Wildman–Crippen MR) is 48.6 cm³/mol. The third kappa shape index (κ3) is 0.661. The van der Waals surface area contributed by atoms with Crippen molar-refractivity contribution < 1.29 is 0 Å². The van der Waals surface area contributed by atoms with E-state index in [1.807, 2.05) is 0 Å². The number of hydrogen-bond donors (Lipinski definition) is 0. The minimum Gasteiger partial charge on any atom is -0.0527 e. The van der Waals surface area contributed by atoms with E-state index in [9.17, 15) is 0 Å². The van der Waals surface area contributed by atoms with Crippen LogP contribution in [-0.2, 0) is 0 Å². The Balaban J connectivity index is 1.53. The van der Waals surface area contributed by atoms with E-state index in [2.05, 4.69) is 0 Å². The van der Waals surface area contributed by atoms with Crippen LogP contribution in [-0.4, -0.2) is 0 Å². The second-order valence-electron chi connectivity index (χ2n) is 5.74. The maximum Gasteiger partial charge on any atom is -0.0321 e. The van der Waals surface area contributed by atoms with Gasteiger partial charge in [0.15, 0.2) is 0 Å². The summed E-state index contributed by atoms with van der Waals surface area (Å²) in [5.41, 5.74) is 0. The molecule has 0 aliphatic heterocycles. The Morgan fingerprint density at radius 1 is 0.667 bits per heavy atom. The monoisotopic (exact) mass is 162 g/mol. The molecule has 0 aromatic carbocycles.